The van der Waals surface area contributed by atoms with E-state index in [0.717, 1.165) is 11.3 Å². The largest absolute Gasteiger partial charge is 0.345 e. The van der Waals surface area contributed by atoms with Gasteiger partial charge in [0.25, 0.3) is 11.8 Å². The quantitative estimate of drug-likeness (QED) is 0.676. The average Bonchev–Trinajstić information content (AvgIpc) is 3.13. The zero-order chi connectivity index (χ0) is 20.0. The van der Waals surface area contributed by atoms with Gasteiger partial charge in [-0.2, -0.15) is 0 Å². The lowest BCUT2D eigenvalue weighted by molar-refractivity contribution is 0.0950. The number of thiophene rings is 1. The van der Waals surface area contributed by atoms with E-state index in [0.29, 0.717) is 10.5 Å². The lowest BCUT2D eigenvalue weighted by atomic mass is 10.2. The molecule has 142 valence electrons. The van der Waals surface area contributed by atoms with Crippen LogP contribution in [0.2, 0.25) is 0 Å². The summed E-state index contributed by atoms with van der Waals surface area (Å²) in [4.78, 5) is 25.0. The highest BCUT2D eigenvalue weighted by Gasteiger charge is 2.16. The molecule has 2 aromatic rings. The van der Waals surface area contributed by atoms with Gasteiger partial charge in [-0.1, -0.05) is 18.2 Å². The summed E-state index contributed by atoms with van der Waals surface area (Å²) >= 11 is 0.974. The lowest BCUT2D eigenvalue weighted by Gasteiger charge is -2.09. The van der Waals surface area contributed by atoms with Crippen LogP contribution in [-0.4, -0.2) is 17.9 Å². The third kappa shape index (κ3) is 5.59. The van der Waals surface area contributed by atoms with Crippen molar-refractivity contribution in [3.05, 3.63) is 75.5 Å². The van der Waals surface area contributed by atoms with E-state index in [1.165, 1.54) is 36.4 Å². The Hall–Kier alpha value is -2.80. The first-order valence-corrected chi connectivity index (χ1v) is 9.10. The summed E-state index contributed by atoms with van der Waals surface area (Å²) in [5.74, 6) is -1.87. The first-order valence-electron chi connectivity index (χ1n) is 8.29. The van der Waals surface area contributed by atoms with Crippen molar-refractivity contribution in [3.8, 4) is 0 Å². The molecule has 27 heavy (non-hydrogen) atoms. The number of nitrogens with one attached hydrogen (secondary N) is 2. The van der Waals surface area contributed by atoms with E-state index in [2.05, 4.69) is 10.6 Å². The van der Waals surface area contributed by atoms with Crippen molar-refractivity contribution in [2.45, 2.75) is 26.8 Å². The van der Waals surface area contributed by atoms with Gasteiger partial charge in [0, 0.05) is 6.04 Å². The van der Waals surface area contributed by atoms with Gasteiger partial charge in [0.2, 0.25) is 0 Å². The van der Waals surface area contributed by atoms with E-state index in [4.69, 9.17) is 0 Å². The van der Waals surface area contributed by atoms with Crippen LogP contribution in [0.15, 0.2) is 60.0 Å². The summed E-state index contributed by atoms with van der Waals surface area (Å²) < 4.78 is 27.4. The maximum atomic E-state index is 13.8. The summed E-state index contributed by atoms with van der Waals surface area (Å²) in [6.45, 7) is 5.02. The van der Waals surface area contributed by atoms with Crippen molar-refractivity contribution in [3.63, 3.8) is 0 Å². The molecule has 2 rings (SSSR count). The van der Waals surface area contributed by atoms with Gasteiger partial charge in [-0.25, -0.2) is 8.78 Å². The van der Waals surface area contributed by atoms with Crippen molar-refractivity contribution < 1.29 is 18.4 Å². The number of hydrogen-bond acceptors (Lipinski definition) is 3. The highest BCUT2D eigenvalue weighted by molar-refractivity contribution is 7.16. The van der Waals surface area contributed by atoms with Crippen LogP contribution in [-0.2, 0) is 0 Å². The molecule has 1 atom stereocenters. The third-order valence-corrected chi connectivity index (χ3v) is 4.82. The Bertz CT molecular complexity index is 903. The smallest absolute Gasteiger partial charge is 0.265 e. The van der Waals surface area contributed by atoms with Gasteiger partial charge in [-0.15, -0.1) is 11.3 Å². The van der Waals surface area contributed by atoms with Crippen LogP contribution in [0.3, 0.4) is 0 Å². The molecule has 1 aromatic carbocycles. The molecule has 4 nitrogen and oxygen atoms in total. The molecule has 0 spiro atoms. The molecule has 0 bridgehead atoms. The van der Waals surface area contributed by atoms with E-state index in [-0.39, 0.29) is 10.6 Å². The molecule has 1 heterocycles. The molecule has 0 fully saturated rings. The number of rotatable bonds is 6. The zero-order valence-corrected chi connectivity index (χ0v) is 16.0. The molecule has 0 aliphatic heterocycles. The molecule has 1 unspecified atom stereocenters. The molecule has 1 aromatic heterocycles. The van der Waals surface area contributed by atoms with Crippen molar-refractivity contribution in [2.24, 2.45) is 0 Å². The van der Waals surface area contributed by atoms with E-state index in [9.17, 15) is 18.4 Å². The van der Waals surface area contributed by atoms with Gasteiger partial charge < -0.3 is 10.6 Å². The van der Waals surface area contributed by atoms with Gasteiger partial charge in [0.1, 0.15) is 11.6 Å². The molecule has 0 radical (unpaired) electrons. The van der Waals surface area contributed by atoms with E-state index in [1.54, 1.807) is 32.9 Å². The minimum absolute atomic E-state index is 0.0653. The first-order chi connectivity index (χ1) is 12.8. The number of hydrogen-bond donors (Lipinski definition) is 2. The first kappa shape index (κ1) is 20.5. The second kappa shape index (κ2) is 9.23. The van der Waals surface area contributed by atoms with Gasteiger partial charge in [0.05, 0.1) is 15.4 Å². The molecule has 0 aliphatic rings. The average molecular weight is 390 g/mol. The maximum Gasteiger partial charge on any atom is 0.265 e. The number of para-hydroxylation sites is 1. The maximum absolute atomic E-state index is 13.8. The predicted molar refractivity (Wildman–Crippen MR) is 104 cm³/mol. The summed E-state index contributed by atoms with van der Waals surface area (Å²) in [7, 11) is 0. The summed E-state index contributed by atoms with van der Waals surface area (Å²) in [5, 5.41) is 5.12. The third-order valence-electron chi connectivity index (χ3n) is 3.74. The predicted octanol–water partition coefficient (Wildman–Crippen LogP) is 5.08. The van der Waals surface area contributed by atoms with Crippen LogP contribution in [0.1, 0.15) is 40.1 Å². The Labute approximate surface area is 160 Å². The second-order valence-corrected chi connectivity index (χ2v) is 6.93. The Balaban J connectivity index is 2.03. The standard InChI is InChI=1S/C20H20F2N2O2S/c1-4-12(2)15(22)11-13(3)23-19(25)17-9-10-18(27-17)20(26)24-16-8-6-5-7-14(16)21/h4-11,13H,1-3H3,(H,23,25)(H,24,26)/b12-4-,15-11+. The van der Waals surface area contributed by atoms with E-state index < -0.39 is 29.5 Å². The summed E-state index contributed by atoms with van der Waals surface area (Å²) in [6, 6.07) is 8.28. The number of anilines is 1. The van der Waals surface area contributed by atoms with Crippen molar-refractivity contribution in [1.82, 2.24) is 5.32 Å². The Morgan fingerprint density at radius 3 is 2.37 bits per heavy atom. The molecule has 0 saturated heterocycles. The van der Waals surface area contributed by atoms with Crippen molar-refractivity contribution >= 4 is 28.8 Å². The van der Waals surface area contributed by atoms with E-state index in [1.807, 2.05) is 0 Å². The monoisotopic (exact) mass is 390 g/mol. The molecule has 0 aliphatic carbocycles. The fourth-order valence-corrected chi connectivity index (χ4v) is 2.94. The Morgan fingerprint density at radius 1 is 1.11 bits per heavy atom. The molecule has 2 N–H and O–H groups in total. The molecule has 2 amide bonds. The Morgan fingerprint density at radius 2 is 1.74 bits per heavy atom. The zero-order valence-electron chi connectivity index (χ0n) is 15.2. The topological polar surface area (TPSA) is 58.2 Å². The molecule has 0 saturated carbocycles. The minimum Gasteiger partial charge on any atom is -0.345 e. The van der Waals surface area contributed by atoms with Crippen LogP contribution >= 0.6 is 11.3 Å². The summed E-state index contributed by atoms with van der Waals surface area (Å²) in [6.07, 6.45) is 2.95. The Kier molecular flexibility index (Phi) is 7.01. The van der Waals surface area contributed by atoms with Crippen LogP contribution in [0.25, 0.3) is 0 Å². The van der Waals surface area contributed by atoms with E-state index >= 15 is 0 Å². The van der Waals surface area contributed by atoms with Crippen molar-refractivity contribution in [1.29, 1.82) is 0 Å². The minimum atomic E-state index is -0.542. The lowest BCUT2D eigenvalue weighted by Crippen LogP contribution is -2.30. The van der Waals surface area contributed by atoms with Crippen molar-refractivity contribution in [2.75, 3.05) is 5.32 Å². The summed E-state index contributed by atoms with van der Waals surface area (Å²) in [5.41, 5.74) is 0.551. The highest BCUT2D eigenvalue weighted by atomic mass is 32.1. The number of carbonyl (C=O) groups is 2. The van der Waals surface area contributed by atoms with Gasteiger partial charge in [-0.3, -0.25) is 9.59 Å². The van der Waals surface area contributed by atoms with Gasteiger partial charge >= 0.3 is 0 Å². The fraction of sp³-hybridized carbons (Fsp3) is 0.200. The van der Waals surface area contributed by atoms with Crippen LogP contribution in [0.4, 0.5) is 14.5 Å². The normalized spacial score (nSPS) is 13.2. The second-order valence-electron chi connectivity index (χ2n) is 5.85. The molecule has 7 heteroatoms. The molecular formula is C20H20F2N2O2S. The number of carbonyl (C=O) groups excluding carboxylic acids is 2. The molecular weight excluding hydrogens is 370 g/mol. The number of amides is 2. The SMILES string of the molecule is C/C=C(C)\C(F)=C/C(C)NC(=O)c1ccc(C(=O)Nc2ccccc2F)s1. The van der Waals surface area contributed by atoms with Crippen LogP contribution in [0, 0.1) is 5.82 Å². The fourth-order valence-electron chi connectivity index (χ4n) is 2.14. The number of halogens is 2. The van der Waals surface area contributed by atoms with Crippen LogP contribution < -0.4 is 10.6 Å². The van der Waals surface area contributed by atoms with Crippen LogP contribution in [0.5, 0.6) is 0 Å². The van der Waals surface area contributed by atoms with Gasteiger partial charge in [0.15, 0.2) is 0 Å². The van der Waals surface area contributed by atoms with Gasteiger partial charge in [-0.05, 0) is 56.7 Å². The number of benzene rings is 1. The highest BCUT2D eigenvalue weighted by Crippen LogP contribution is 2.20. The number of allylic oxidation sites excluding steroid dienone is 3.